The molecule has 2 aromatic rings. The average molecular weight is 419 g/mol. The first-order chi connectivity index (χ1) is 13.7. The Bertz CT molecular complexity index is 989. The Kier molecular flexibility index (Phi) is 7.90. The van der Waals surface area contributed by atoms with E-state index in [4.69, 9.17) is 0 Å². The molecule has 0 aliphatic carbocycles. The molecule has 0 saturated carbocycles. The van der Waals surface area contributed by atoms with Crippen LogP contribution in [0.4, 0.5) is 10.1 Å². The highest BCUT2D eigenvalue weighted by Gasteiger charge is 2.04. The Morgan fingerprint density at radius 3 is 2.38 bits per heavy atom. The van der Waals surface area contributed by atoms with Crippen molar-refractivity contribution in [3.63, 3.8) is 0 Å². The molecule has 154 valence electrons. The van der Waals surface area contributed by atoms with Gasteiger partial charge in [0.15, 0.2) is 0 Å². The lowest BCUT2D eigenvalue weighted by molar-refractivity contribution is -0.121. The van der Waals surface area contributed by atoms with Gasteiger partial charge in [-0.15, -0.1) is 0 Å². The quantitative estimate of drug-likeness (QED) is 0.425. The van der Waals surface area contributed by atoms with Gasteiger partial charge in [-0.05, 0) is 41.5 Å². The Hall–Kier alpha value is -3.20. The number of carbonyl (C=O) groups is 2. The summed E-state index contributed by atoms with van der Waals surface area (Å²) >= 11 is 0. The van der Waals surface area contributed by atoms with Gasteiger partial charge in [-0.1, -0.05) is 24.3 Å². The summed E-state index contributed by atoms with van der Waals surface area (Å²) in [7, 11) is -3.33. The molecule has 0 spiro atoms. The van der Waals surface area contributed by atoms with Gasteiger partial charge in [0.2, 0.25) is 21.8 Å². The molecule has 9 heteroatoms. The summed E-state index contributed by atoms with van der Waals surface area (Å²) in [6.07, 6.45) is 4.06. The summed E-state index contributed by atoms with van der Waals surface area (Å²) in [4.78, 5) is 23.6. The largest absolute Gasteiger partial charge is 0.354 e. The molecule has 0 unspecified atom stereocenters. The molecule has 0 bridgehead atoms. The number of anilines is 1. The van der Waals surface area contributed by atoms with Crippen LogP contribution in [0.5, 0.6) is 0 Å². The molecule has 0 aromatic heterocycles. The van der Waals surface area contributed by atoms with Crippen molar-refractivity contribution in [2.75, 3.05) is 24.1 Å². The Balaban J connectivity index is 1.69. The number of benzene rings is 2. The van der Waals surface area contributed by atoms with Crippen LogP contribution in [-0.4, -0.2) is 39.6 Å². The molecular formula is C20H22FN3O4S. The van der Waals surface area contributed by atoms with Gasteiger partial charge in [-0.3, -0.25) is 14.3 Å². The fourth-order valence-electron chi connectivity index (χ4n) is 2.39. The number of hydrogen-bond donors (Lipinski definition) is 3. The maximum atomic E-state index is 13.1. The molecule has 3 N–H and O–H groups in total. The maximum Gasteiger partial charge on any atom is 0.244 e. The minimum absolute atomic E-state index is 0.0653. The number of hydrogen-bond acceptors (Lipinski definition) is 4. The first-order valence-electron chi connectivity index (χ1n) is 8.76. The van der Waals surface area contributed by atoms with E-state index in [9.17, 15) is 22.4 Å². The zero-order valence-electron chi connectivity index (χ0n) is 15.8. The van der Waals surface area contributed by atoms with Crippen molar-refractivity contribution in [2.24, 2.45) is 0 Å². The summed E-state index contributed by atoms with van der Waals surface area (Å²) in [6, 6.07) is 12.3. The van der Waals surface area contributed by atoms with E-state index < -0.39 is 15.8 Å². The third kappa shape index (κ3) is 9.02. The second-order valence-electron chi connectivity index (χ2n) is 6.28. The minimum atomic E-state index is -3.33. The van der Waals surface area contributed by atoms with Gasteiger partial charge in [-0.2, -0.15) is 0 Å². The van der Waals surface area contributed by atoms with Crippen molar-refractivity contribution in [3.8, 4) is 0 Å². The molecule has 2 rings (SSSR count). The average Bonchev–Trinajstić information content (AvgIpc) is 2.63. The zero-order valence-corrected chi connectivity index (χ0v) is 16.6. The monoisotopic (exact) mass is 419 g/mol. The van der Waals surface area contributed by atoms with E-state index in [0.29, 0.717) is 11.3 Å². The fraction of sp³-hybridized carbons (Fsp3) is 0.200. The lowest BCUT2D eigenvalue weighted by Gasteiger charge is -2.06. The van der Waals surface area contributed by atoms with Crippen molar-refractivity contribution in [1.82, 2.24) is 10.6 Å². The first-order valence-corrected chi connectivity index (χ1v) is 10.7. The number of rotatable bonds is 9. The van der Waals surface area contributed by atoms with Crippen LogP contribution < -0.4 is 15.4 Å². The fourth-order valence-corrected chi connectivity index (χ4v) is 2.95. The number of sulfonamides is 1. The highest BCUT2D eigenvalue weighted by atomic mass is 32.2. The van der Waals surface area contributed by atoms with Crippen LogP contribution in [0.3, 0.4) is 0 Å². The van der Waals surface area contributed by atoms with E-state index in [-0.39, 0.29) is 31.3 Å². The van der Waals surface area contributed by atoms with Crippen LogP contribution in [0, 0.1) is 5.82 Å². The number of carbonyl (C=O) groups excluding carboxylic acids is 2. The highest BCUT2D eigenvalue weighted by Crippen LogP contribution is 2.11. The van der Waals surface area contributed by atoms with Crippen LogP contribution in [0.1, 0.15) is 11.1 Å². The predicted octanol–water partition coefficient (Wildman–Crippen LogP) is 1.69. The topological polar surface area (TPSA) is 104 Å². The number of nitrogens with one attached hydrogen (secondary N) is 3. The second-order valence-corrected chi connectivity index (χ2v) is 8.03. The highest BCUT2D eigenvalue weighted by molar-refractivity contribution is 7.92. The molecule has 29 heavy (non-hydrogen) atoms. The van der Waals surface area contributed by atoms with Crippen LogP contribution in [-0.2, 0) is 26.0 Å². The second kappa shape index (κ2) is 10.4. The van der Waals surface area contributed by atoms with E-state index in [2.05, 4.69) is 15.4 Å². The van der Waals surface area contributed by atoms with Gasteiger partial charge in [0.25, 0.3) is 0 Å². The van der Waals surface area contributed by atoms with Crippen LogP contribution in [0.15, 0.2) is 54.6 Å². The molecule has 0 saturated heterocycles. The summed E-state index contributed by atoms with van der Waals surface area (Å²) < 4.78 is 37.7. The van der Waals surface area contributed by atoms with Gasteiger partial charge in [-0.25, -0.2) is 12.8 Å². The third-order valence-corrected chi connectivity index (χ3v) is 4.25. The first kappa shape index (κ1) is 22.1. The molecule has 0 fully saturated rings. The summed E-state index contributed by atoms with van der Waals surface area (Å²) in [6.45, 7) is 0.495. The molecule has 0 heterocycles. The van der Waals surface area contributed by atoms with E-state index in [0.717, 1.165) is 11.8 Å². The summed E-state index contributed by atoms with van der Waals surface area (Å²) in [5.74, 6) is -0.985. The molecule has 2 amide bonds. The van der Waals surface area contributed by atoms with Gasteiger partial charge < -0.3 is 10.6 Å². The maximum absolute atomic E-state index is 13.1. The Morgan fingerprint density at radius 2 is 1.72 bits per heavy atom. The lowest BCUT2D eigenvalue weighted by atomic mass is 10.1. The molecule has 0 aliphatic heterocycles. The van der Waals surface area contributed by atoms with E-state index in [1.807, 2.05) is 0 Å². The van der Waals surface area contributed by atoms with Crippen LogP contribution in [0.25, 0.3) is 6.08 Å². The van der Waals surface area contributed by atoms with Gasteiger partial charge in [0.05, 0.1) is 12.7 Å². The van der Waals surface area contributed by atoms with E-state index in [1.165, 1.54) is 18.2 Å². The summed E-state index contributed by atoms with van der Waals surface area (Å²) in [5.41, 5.74) is 1.73. The predicted molar refractivity (Wildman–Crippen MR) is 110 cm³/mol. The molecule has 0 atom stereocenters. The summed E-state index contributed by atoms with van der Waals surface area (Å²) in [5, 5.41) is 5.28. The third-order valence-electron chi connectivity index (χ3n) is 3.64. The normalized spacial score (nSPS) is 11.2. The Labute approximate surface area is 169 Å². The van der Waals surface area contributed by atoms with Crippen molar-refractivity contribution in [1.29, 1.82) is 0 Å². The molecular weight excluding hydrogens is 397 g/mol. The smallest absolute Gasteiger partial charge is 0.244 e. The molecule has 0 radical (unpaired) electrons. The lowest BCUT2D eigenvalue weighted by Crippen LogP contribution is -2.34. The molecule has 7 nitrogen and oxygen atoms in total. The van der Waals surface area contributed by atoms with Gasteiger partial charge in [0.1, 0.15) is 5.82 Å². The zero-order chi connectivity index (χ0) is 21.3. The Morgan fingerprint density at radius 1 is 1.03 bits per heavy atom. The van der Waals surface area contributed by atoms with Crippen molar-refractivity contribution in [2.45, 2.75) is 6.42 Å². The number of halogens is 1. The van der Waals surface area contributed by atoms with Crippen molar-refractivity contribution < 1.29 is 22.4 Å². The van der Waals surface area contributed by atoms with Crippen LogP contribution >= 0.6 is 0 Å². The van der Waals surface area contributed by atoms with Crippen molar-refractivity contribution >= 4 is 33.6 Å². The standard InChI is InChI=1S/C20H22FN3O4S/c1-29(27,28)24-18-8-5-15(6-9-18)7-10-19(25)22-11-12-23-20(26)14-16-3-2-4-17(21)13-16/h2-10,13,24H,11-12,14H2,1H3,(H,22,25)(H,23,26)/b10-7+. The van der Waals surface area contributed by atoms with Crippen molar-refractivity contribution in [3.05, 3.63) is 71.6 Å². The van der Waals surface area contributed by atoms with Gasteiger partial charge in [0, 0.05) is 24.9 Å². The SMILES string of the molecule is CS(=O)(=O)Nc1ccc(/C=C/C(=O)NCCNC(=O)Cc2cccc(F)c2)cc1. The van der Waals surface area contributed by atoms with E-state index >= 15 is 0 Å². The van der Waals surface area contributed by atoms with Crippen LogP contribution in [0.2, 0.25) is 0 Å². The molecule has 0 aliphatic rings. The molecule has 2 aromatic carbocycles. The number of amides is 2. The van der Waals surface area contributed by atoms with E-state index in [1.54, 1.807) is 42.5 Å². The minimum Gasteiger partial charge on any atom is -0.354 e. The van der Waals surface area contributed by atoms with Gasteiger partial charge >= 0.3 is 0 Å².